The first-order valence-corrected chi connectivity index (χ1v) is 14.2. The Morgan fingerprint density at radius 1 is 0.317 bits per heavy atom. The molecule has 0 saturated carbocycles. The first-order chi connectivity index (χ1) is 20.3. The highest BCUT2D eigenvalue weighted by Gasteiger charge is 2.29. The molecule has 1 nitrogen and oxygen atoms in total. The number of hydrogen-bond acceptors (Lipinski definition) is 1. The van der Waals surface area contributed by atoms with Gasteiger partial charge in [0, 0.05) is 10.9 Å². The van der Waals surface area contributed by atoms with Crippen LogP contribution in [0.5, 0.6) is 11.5 Å². The molecule has 1 aliphatic heterocycles. The molecule has 0 radical (unpaired) electrons. The van der Waals surface area contributed by atoms with Gasteiger partial charge >= 0.3 is 0 Å². The molecule has 0 bridgehead atoms. The molecule has 0 aromatic heterocycles. The lowest BCUT2D eigenvalue weighted by atomic mass is 9.84. The Kier molecular flexibility index (Phi) is 3.98. The van der Waals surface area contributed by atoms with Crippen LogP contribution in [0.25, 0.3) is 87.6 Å². The molecule has 0 amide bonds. The predicted octanol–water partition coefficient (Wildman–Crippen LogP) is 11.4. The highest BCUT2D eigenvalue weighted by Crippen LogP contribution is 2.56. The number of benzene rings is 8. The minimum absolute atomic E-state index is 0.921. The van der Waals surface area contributed by atoms with Crippen LogP contribution < -0.4 is 4.74 Å². The molecule has 0 spiro atoms. The van der Waals surface area contributed by atoms with E-state index < -0.39 is 0 Å². The van der Waals surface area contributed by atoms with Crippen molar-refractivity contribution in [1.82, 2.24) is 0 Å². The summed E-state index contributed by atoms with van der Waals surface area (Å²) in [6, 6.07) is 48.7. The molecule has 0 unspecified atom stereocenters. The van der Waals surface area contributed by atoms with E-state index in [1.54, 1.807) is 0 Å². The highest BCUT2D eigenvalue weighted by molar-refractivity contribution is 6.25. The number of hydrogen-bond donors (Lipinski definition) is 0. The van der Waals surface area contributed by atoms with Crippen molar-refractivity contribution in [3.63, 3.8) is 0 Å². The van der Waals surface area contributed by atoms with Gasteiger partial charge in [-0.15, -0.1) is 0 Å². The zero-order valence-corrected chi connectivity index (χ0v) is 22.1. The summed E-state index contributed by atoms with van der Waals surface area (Å²) in [5.74, 6) is 1.84. The Labute approximate surface area is 236 Å². The molecule has 41 heavy (non-hydrogen) atoms. The quantitative estimate of drug-likeness (QED) is 0.210. The second kappa shape index (κ2) is 7.62. The first kappa shape index (κ1) is 21.4. The van der Waals surface area contributed by atoms with Gasteiger partial charge in [-0.25, -0.2) is 0 Å². The molecule has 0 atom stereocenters. The molecule has 1 heterocycles. The average molecular weight is 519 g/mol. The van der Waals surface area contributed by atoms with E-state index >= 15 is 0 Å². The smallest absolute Gasteiger partial charge is 0.135 e. The summed E-state index contributed by atoms with van der Waals surface area (Å²) in [5.41, 5.74) is 10.3. The van der Waals surface area contributed by atoms with Crippen molar-refractivity contribution in [2.24, 2.45) is 0 Å². The van der Waals surface area contributed by atoms with Crippen LogP contribution in [0.15, 0.2) is 133 Å². The van der Waals surface area contributed by atoms with E-state index in [1.165, 1.54) is 87.6 Å². The number of ether oxygens (including phenoxy) is 1. The van der Waals surface area contributed by atoms with E-state index in [0.29, 0.717) is 0 Å². The lowest BCUT2D eigenvalue weighted by molar-refractivity contribution is 0.488. The van der Waals surface area contributed by atoms with E-state index in [1.807, 2.05) is 0 Å². The van der Waals surface area contributed by atoms with Crippen molar-refractivity contribution in [2.45, 2.75) is 0 Å². The van der Waals surface area contributed by atoms with Crippen LogP contribution in [0, 0.1) is 0 Å². The summed E-state index contributed by atoms with van der Waals surface area (Å²) < 4.78 is 6.63. The summed E-state index contributed by atoms with van der Waals surface area (Å²) in [6.07, 6.45) is 0. The molecule has 188 valence electrons. The second-order valence-electron chi connectivity index (χ2n) is 11.2. The van der Waals surface area contributed by atoms with E-state index in [2.05, 4.69) is 133 Å². The SMILES string of the molecule is c1ccc2c3c(ccc2c1)Oc1ccc(-c2c4c(cc5ccccc25)-c2cccc5cccc-4c25)c2cccc-3c12. The molecule has 0 fully saturated rings. The number of fused-ring (bicyclic) bond motifs is 8. The highest BCUT2D eigenvalue weighted by atomic mass is 16.5. The van der Waals surface area contributed by atoms with Gasteiger partial charge in [0.1, 0.15) is 11.5 Å². The Morgan fingerprint density at radius 2 is 0.951 bits per heavy atom. The van der Waals surface area contributed by atoms with Crippen molar-refractivity contribution in [3.05, 3.63) is 133 Å². The van der Waals surface area contributed by atoms with Crippen LogP contribution in [0.4, 0.5) is 0 Å². The Bertz CT molecular complexity index is 2440. The summed E-state index contributed by atoms with van der Waals surface area (Å²) in [7, 11) is 0. The van der Waals surface area contributed by atoms with E-state index in [4.69, 9.17) is 4.74 Å². The molecular formula is C40H22O. The van der Waals surface area contributed by atoms with Gasteiger partial charge in [0.2, 0.25) is 0 Å². The molecule has 10 rings (SSSR count). The third-order valence-corrected chi connectivity index (χ3v) is 9.17. The van der Waals surface area contributed by atoms with Crippen LogP contribution in [0.2, 0.25) is 0 Å². The lowest BCUT2D eigenvalue weighted by Crippen LogP contribution is -1.99. The van der Waals surface area contributed by atoms with Crippen molar-refractivity contribution in [2.75, 3.05) is 0 Å². The van der Waals surface area contributed by atoms with Crippen molar-refractivity contribution < 1.29 is 4.74 Å². The van der Waals surface area contributed by atoms with E-state index in [0.717, 1.165) is 11.5 Å². The maximum atomic E-state index is 6.63. The fraction of sp³-hybridized carbons (Fsp3) is 0. The predicted molar refractivity (Wildman–Crippen MR) is 172 cm³/mol. The topological polar surface area (TPSA) is 9.23 Å². The van der Waals surface area contributed by atoms with Crippen molar-refractivity contribution in [1.29, 1.82) is 0 Å². The second-order valence-corrected chi connectivity index (χ2v) is 11.2. The van der Waals surface area contributed by atoms with Crippen molar-refractivity contribution >= 4 is 43.1 Å². The standard InChI is InChI=1S/C40H22O/c1-3-12-26-23(8-1)18-20-34-37(26)32-17-7-15-28-30(19-21-35(41-34)38(28)32)39-27-13-4-2-9-25(27)22-33-29-14-5-10-24-11-6-16-31(36(24)29)40(33)39/h1-22H. The van der Waals surface area contributed by atoms with Crippen LogP contribution >= 0.6 is 0 Å². The minimum atomic E-state index is 0.921. The summed E-state index contributed by atoms with van der Waals surface area (Å²) in [4.78, 5) is 0. The third-order valence-electron chi connectivity index (χ3n) is 9.17. The zero-order chi connectivity index (χ0) is 26.7. The first-order valence-electron chi connectivity index (χ1n) is 14.2. The van der Waals surface area contributed by atoms with Gasteiger partial charge in [-0.2, -0.15) is 0 Å². The fourth-order valence-electron chi connectivity index (χ4n) is 7.51. The molecule has 0 N–H and O–H groups in total. The monoisotopic (exact) mass is 518 g/mol. The molecule has 2 aliphatic rings. The molecular weight excluding hydrogens is 496 g/mol. The summed E-state index contributed by atoms with van der Waals surface area (Å²) >= 11 is 0. The molecule has 8 aromatic carbocycles. The van der Waals surface area contributed by atoms with Gasteiger partial charge < -0.3 is 4.74 Å². The van der Waals surface area contributed by atoms with Gasteiger partial charge in [-0.3, -0.25) is 0 Å². The summed E-state index contributed by atoms with van der Waals surface area (Å²) in [5, 5.41) is 10.0. The maximum absolute atomic E-state index is 6.63. The van der Waals surface area contributed by atoms with Gasteiger partial charge in [-0.1, -0.05) is 109 Å². The van der Waals surface area contributed by atoms with E-state index in [9.17, 15) is 0 Å². The van der Waals surface area contributed by atoms with Crippen LogP contribution in [0.3, 0.4) is 0 Å². The van der Waals surface area contributed by atoms with Gasteiger partial charge in [0.15, 0.2) is 0 Å². The Hall–Kier alpha value is -5.40. The third kappa shape index (κ3) is 2.70. The zero-order valence-electron chi connectivity index (χ0n) is 22.1. The van der Waals surface area contributed by atoms with Gasteiger partial charge in [0.25, 0.3) is 0 Å². The molecule has 1 aliphatic carbocycles. The minimum Gasteiger partial charge on any atom is -0.456 e. The van der Waals surface area contributed by atoms with Gasteiger partial charge in [0.05, 0.1) is 0 Å². The average Bonchev–Trinajstić information content (AvgIpc) is 3.35. The van der Waals surface area contributed by atoms with Crippen molar-refractivity contribution in [3.8, 4) is 56.0 Å². The normalized spacial score (nSPS) is 12.6. The van der Waals surface area contributed by atoms with Gasteiger partial charge in [-0.05, 0) is 101 Å². The van der Waals surface area contributed by atoms with Crippen LogP contribution in [-0.2, 0) is 0 Å². The van der Waals surface area contributed by atoms with Crippen LogP contribution in [-0.4, -0.2) is 0 Å². The largest absolute Gasteiger partial charge is 0.456 e. The van der Waals surface area contributed by atoms with E-state index in [-0.39, 0.29) is 0 Å². The maximum Gasteiger partial charge on any atom is 0.135 e. The number of rotatable bonds is 1. The Balaban J connectivity index is 1.36. The molecule has 8 aromatic rings. The Morgan fingerprint density at radius 3 is 1.80 bits per heavy atom. The molecule has 0 saturated heterocycles. The molecule has 1 heteroatoms. The van der Waals surface area contributed by atoms with Crippen LogP contribution in [0.1, 0.15) is 0 Å². The summed E-state index contributed by atoms with van der Waals surface area (Å²) in [6.45, 7) is 0. The fourth-order valence-corrected chi connectivity index (χ4v) is 7.51. The lowest BCUT2D eigenvalue weighted by Gasteiger charge is -2.25.